The fraction of sp³-hybridized carbons (Fsp3) is 0.533. The molecule has 0 aliphatic heterocycles. The molecule has 6 heteroatoms. The van der Waals surface area contributed by atoms with E-state index in [9.17, 15) is 9.59 Å². The average Bonchev–Trinajstić information content (AvgIpc) is 2.41. The van der Waals surface area contributed by atoms with Crippen molar-refractivity contribution in [3.8, 4) is 0 Å². The fourth-order valence-electron chi connectivity index (χ4n) is 1.58. The highest BCUT2D eigenvalue weighted by Crippen LogP contribution is 2.08. The van der Waals surface area contributed by atoms with Crippen LogP contribution in [0.2, 0.25) is 0 Å². The number of carbonyl (C=O) groups excluding carboxylic acids is 2. The Labute approximate surface area is 124 Å². The highest BCUT2D eigenvalue weighted by molar-refractivity contribution is 5.93. The molecule has 0 fully saturated rings. The van der Waals surface area contributed by atoms with Crippen LogP contribution in [-0.2, 0) is 16.1 Å². The molecule has 0 bridgehead atoms. The van der Waals surface area contributed by atoms with Crippen LogP contribution in [0.25, 0.3) is 0 Å². The van der Waals surface area contributed by atoms with E-state index in [4.69, 9.17) is 9.84 Å². The van der Waals surface area contributed by atoms with Gasteiger partial charge in [0.05, 0.1) is 17.9 Å². The molecule has 0 aliphatic rings. The molecule has 1 aromatic heterocycles. The van der Waals surface area contributed by atoms with Crippen LogP contribution < -0.4 is 5.32 Å². The smallest absolute Gasteiger partial charge is 0.306 e. The van der Waals surface area contributed by atoms with E-state index in [1.165, 1.54) is 6.20 Å². The molecule has 0 aromatic carbocycles. The van der Waals surface area contributed by atoms with Crippen LogP contribution in [0.4, 0.5) is 0 Å². The lowest BCUT2D eigenvalue weighted by molar-refractivity contribution is -0.154. The average molecular weight is 294 g/mol. The lowest BCUT2D eigenvalue weighted by Gasteiger charge is -2.19. The Morgan fingerprint density at radius 3 is 2.57 bits per heavy atom. The van der Waals surface area contributed by atoms with Crippen molar-refractivity contribution in [3.63, 3.8) is 0 Å². The first-order valence-corrected chi connectivity index (χ1v) is 6.87. The van der Waals surface area contributed by atoms with Crippen molar-refractivity contribution in [1.82, 2.24) is 10.3 Å². The minimum Gasteiger partial charge on any atom is -0.460 e. The summed E-state index contributed by atoms with van der Waals surface area (Å²) >= 11 is 0. The van der Waals surface area contributed by atoms with Gasteiger partial charge in [0.25, 0.3) is 5.91 Å². The zero-order valence-corrected chi connectivity index (χ0v) is 12.7. The molecule has 1 heterocycles. The molecule has 0 atom stereocenters. The van der Waals surface area contributed by atoms with Crippen molar-refractivity contribution in [2.45, 2.75) is 45.8 Å². The van der Waals surface area contributed by atoms with Crippen LogP contribution >= 0.6 is 0 Å². The van der Waals surface area contributed by atoms with E-state index in [0.29, 0.717) is 24.2 Å². The summed E-state index contributed by atoms with van der Waals surface area (Å²) in [5.74, 6) is -0.526. The van der Waals surface area contributed by atoms with E-state index < -0.39 is 5.60 Å². The molecule has 1 aromatic rings. The zero-order chi connectivity index (χ0) is 15.9. The number of nitrogens with zero attached hydrogens (tertiary/aromatic N) is 1. The van der Waals surface area contributed by atoms with Crippen molar-refractivity contribution in [2.24, 2.45) is 0 Å². The minimum atomic E-state index is -0.486. The third-order valence-corrected chi connectivity index (χ3v) is 2.51. The molecule has 1 amide bonds. The lowest BCUT2D eigenvalue weighted by atomic mass is 10.2. The Balaban J connectivity index is 2.28. The van der Waals surface area contributed by atoms with Crippen LogP contribution in [0.5, 0.6) is 0 Å². The number of aliphatic hydroxyl groups excluding tert-OH is 1. The molecular weight excluding hydrogens is 272 g/mol. The number of nitrogens with one attached hydrogen (secondary N) is 1. The molecular formula is C15H22N2O4. The van der Waals surface area contributed by atoms with Crippen molar-refractivity contribution in [1.29, 1.82) is 0 Å². The van der Waals surface area contributed by atoms with Crippen molar-refractivity contribution in [2.75, 3.05) is 6.54 Å². The van der Waals surface area contributed by atoms with Crippen LogP contribution in [0.1, 0.15) is 49.7 Å². The molecule has 0 saturated heterocycles. The molecule has 21 heavy (non-hydrogen) atoms. The molecule has 2 N–H and O–H groups in total. The van der Waals surface area contributed by atoms with Gasteiger partial charge in [-0.15, -0.1) is 0 Å². The maximum Gasteiger partial charge on any atom is 0.306 e. The minimum absolute atomic E-state index is 0.155. The maximum absolute atomic E-state index is 11.8. The second-order valence-corrected chi connectivity index (χ2v) is 5.64. The predicted octanol–water partition coefficient (Wildman–Crippen LogP) is 1.43. The van der Waals surface area contributed by atoms with Gasteiger partial charge in [-0.05, 0) is 39.3 Å². The van der Waals surface area contributed by atoms with Crippen LogP contribution in [0.3, 0.4) is 0 Å². The van der Waals surface area contributed by atoms with Gasteiger partial charge in [0, 0.05) is 19.2 Å². The molecule has 0 aliphatic carbocycles. The maximum atomic E-state index is 11.8. The summed E-state index contributed by atoms with van der Waals surface area (Å²) in [4.78, 5) is 27.2. The number of carbonyl (C=O) groups is 2. The van der Waals surface area contributed by atoms with E-state index in [2.05, 4.69) is 10.3 Å². The van der Waals surface area contributed by atoms with Gasteiger partial charge in [0.15, 0.2) is 0 Å². The number of aromatic nitrogens is 1. The Bertz CT molecular complexity index is 477. The van der Waals surface area contributed by atoms with Crippen LogP contribution in [0, 0.1) is 0 Å². The summed E-state index contributed by atoms with van der Waals surface area (Å²) in [5, 5.41) is 11.6. The van der Waals surface area contributed by atoms with E-state index in [1.54, 1.807) is 12.1 Å². The molecule has 0 spiro atoms. The van der Waals surface area contributed by atoms with Crippen LogP contribution in [-0.4, -0.2) is 34.1 Å². The summed E-state index contributed by atoms with van der Waals surface area (Å²) in [7, 11) is 0. The summed E-state index contributed by atoms with van der Waals surface area (Å²) in [6.07, 6.45) is 2.19. The third-order valence-electron chi connectivity index (χ3n) is 2.51. The summed E-state index contributed by atoms with van der Waals surface area (Å²) in [5.41, 5.74) is 0.446. The standard InChI is InChI=1S/C15H22N2O4/c1-15(2,3)21-13(19)5-4-8-16-14(20)11-6-7-12(10-18)17-9-11/h6-7,9,18H,4-5,8,10H2,1-3H3,(H,16,20). The van der Waals surface area contributed by atoms with Gasteiger partial charge in [-0.3, -0.25) is 14.6 Å². The first-order chi connectivity index (χ1) is 9.81. The Morgan fingerprint density at radius 1 is 1.33 bits per heavy atom. The predicted molar refractivity (Wildman–Crippen MR) is 77.6 cm³/mol. The Kier molecular flexibility index (Phi) is 6.30. The summed E-state index contributed by atoms with van der Waals surface area (Å²) in [6.45, 7) is 5.68. The van der Waals surface area contributed by atoms with E-state index in [0.717, 1.165) is 0 Å². The number of amides is 1. The normalized spacial score (nSPS) is 11.0. The number of aliphatic hydroxyl groups is 1. The highest BCUT2D eigenvalue weighted by atomic mass is 16.6. The second kappa shape index (κ2) is 7.73. The van der Waals surface area contributed by atoms with E-state index in [1.807, 2.05) is 20.8 Å². The number of ether oxygens (including phenoxy) is 1. The molecule has 0 unspecified atom stereocenters. The van der Waals surface area contributed by atoms with Gasteiger partial charge in [-0.1, -0.05) is 0 Å². The Morgan fingerprint density at radius 2 is 2.05 bits per heavy atom. The fourth-order valence-corrected chi connectivity index (χ4v) is 1.58. The molecule has 0 saturated carbocycles. The second-order valence-electron chi connectivity index (χ2n) is 5.64. The molecule has 1 rings (SSSR count). The molecule has 6 nitrogen and oxygen atoms in total. The summed E-state index contributed by atoms with van der Waals surface area (Å²) < 4.78 is 5.17. The van der Waals surface area contributed by atoms with Gasteiger partial charge in [0.1, 0.15) is 5.60 Å². The zero-order valence-electron chi connectivity index (χ0n) is 12.7. The van der Waals surface area contributed by atoms with Crippen molar-refractivity contribution < 1.29 is 19.4 Å². The highest BCUT2D eigenvalue weighted by Gasteiger charge is 2.15. The number of hydrogen-bond acceptors (Lipinski definition) is 5. The number of pyridine rings is 1. The SMILES string of the molecule is CC(C)(C)OC(=O)CCCNC(=O)c1ccc(CO)nc1. The number of esters is 1. The van der Waals surface area contributed by atoms with Crippen molar-refractivity contribution >= 4 is 11.9 Å². The Hall–Kier alpha value is -1.95. The first kappa shape index (κ1) is 17.1. The van der Waals surface area contributed by atoms with Crippen LogP contribution in [0.15, 0.2) is 18.3 Å². The number of rotatable bonds is 6. The van der Waals surface area contributed by atoms with E-state index >= 15 is 0 Å². The summed E-state index contributed by atoms with van der Waals surface area (Å²) in [6, 6.07) is 3.19. The third kappa shape index (κ3) is 6.85. The van der Waals surface area contributed by atoms with E-state index in [-0.39, 0.29) is 24.9 Å². The van der Waals surface area contributed by atoms with Gasteiger partial charge < -0.3 is 15.2 Å². The van der Waals surface area contributed by atoms with Gasteiger partial charge in [0.2, 0.25) is 0 Å². The molecule has 0 radical (unpaired) electrons. The largest absolute Gasteiger partial charge is 0.460 e. The van der Waals surface area contributed by atoms with Gasteiger partial charge in [-0.25, -0.2) is 0 Å². The monoisotopic (exact) mass is 294 g/mol. The topological polar surface area (TPSA) is 88.5 Å². The van der Waals surface area contributed by atoms with Gasteiger partial charge in [-0.2, -0.15) is 0 Å². The lowest BCUT2D eigenvalue weighted by Crippen LogP contribution is -2.27. The van der Waals surface area contributed by atoms with Crippen molar-refractivity contribution in [3.05, 3.63) is 29.6 Å². The van der Waals surface area contributed by atoms with Gasteiger partial charge >= 0.3 is 5.97 Å². The number of hydrogen-bond donors (Lipinski definition) is 2. The molecule has 116 valence electrons. The quantitative estimate of drug-likeness (QED) is 0.612. The first-order valence-electron chi connectivity index (χ1n) is 6.87.